The van der Waals surface area contributed by atoms with Crippen molar-refractivity contribution in [1.82, 2.24) is 15.0 Å². The van der Waals surface area contributed by atoms with Crippen molar-refractivity contribution in [2.75, 3.05) is 0 Å². The number of hydrogen-bond donors (Lipinski definition) is 0. The molecule has 0 saturated carbocycles. The van der Waals surface area contributed by atoms with E-state index < -0.39 is 0 Å². The molecule has 2 aliphatic carbocycles. The van der Waals surface area contributed by atoms with Crippen LogP contribution in [0.4, 0.5) is 0 Å². The van der Waals surface area contributed by atoms with Crippen LogP contribution in [0.25, 0.3) is 101 Å². The largest absolute Gasteiger partial charge is 0.456 e. The van der Waals surface area contributed by atoms with Crippen LogP contribution in [0.3, 0.4) is 0 Å². The molecule has 0 radical (unpaired) electrons. The lowest BCUT2D eigenvalue weighted by Gasteiger charge is -2.24. The molecule has 0 saturated heterocycles. The summed E-state index contributed by atoms with van der Waals surface area (Å²) in [6.45, 7) is 9.24. The van der Waals surface area contributed by atoms with Crippen molar-refractivity contribution in [1.29, 1.82) is 0 Å². The van der Waals surface area contributed by atoms with Gasteiger partial charge < -0.3 is 4.42 Å². The van der Waals surface area contributed by atoms with Gasteiger partial charge in [0.1, 0.15) is 11.2 Å². The highest BCUT2D eigenvalue weighted by molar-refractivity contribution is 6.13. The van der Waals surface area contributed by atoms with Gasteiger partial charge >= 0.3 is 0 Å². The standard InChI is InChI=1S/C57H41N3O/c1-56(2)46-24-10-9-20-41(46)45-32-37(28-30-48(45)56)53-58-54(60-55(59-53)44-23-13-22-42-40-19-8-11-25-47(40)57(3,4)52(42)44)38-27-29-43-50(33-38)61-49-26-14-21-39(51(43)49)36-18-12-17-35(31-36)34-15-6-5-7-16-34/h5-33H,1-4H3. The van der Waals surface area contributed by atoms with Crippen molar-refractivity contribution in [3.8, 4) is 78.7 Å². The third kappa shape index (κ3) is 5.35. The van der Waals surface area contributed by atoms with Gasteiger partial charge in [-0.1, -0.05) is 173 Å². The fraction of sp³-hybridized carbons (Fsp3) is 0.105. The van der Waals surface area contributed by atoms with E-state index in [0.717, 1.165) is 49.8 Å². The van der Waals surface area contributed by atoms with Gasteiger partial charge in [0.25, 0.3) is 0 Å². The average molecular weight is 784 g/mol. The summed E-state index contributed by atoms with van der Waals surface area (Å²) >= 11 is 0. The Morgan fingerprint density at radius 3 is 1.70 bits per heavy atom. The van der Waals surface area contributed by atoms with Crippen molar-refractivity contribution >= 4 is 21.9 Å². The lowest BCUT2D eigenvalue weighted by Crippen LogP contribution is -2.17. The molecule has 0 spiro atoms. The van der Waals surface area contributed by atoms with Gasteiger partial charge in [0.2, 0.25) is 0 Å². The van der Waals surface area contributed by atoms with Gasteiger partial charge in [-0.15, -0.1) is 0 Å². The molecule has 0 unspecified atom stereocenters. The van der Waals surface area contributed by atoms with Crippen LogP contribution in [0.15, 0.2) is 180 Å². The molecule has 0 N–H and O–H groups in total. The summed E-state index contributed by atoms with van der Waals surface area (Å²) in [6.07, 6.45) is 0. The van der Waals surface area contributed by atoms with E-state index in [2.05, 4.69) is 204 Å². The molecule has 10 aromatic rings. The number of fused-ring (bicyclic) bond motifs is 9. The molecule has 0 amide bonds. The van der Waals surface area contributed by atoms with E-state index in [9.17, 15) is 0 Å². The van der Waals surface area contributed by atoms with Crippen molar-refractivity contribution in [3.63, 3.8) is 0 Å². The van der Waals surface area contributed by atoms with Crippen LogP contribution in [-0.2, 0) is 10.8 Å². The van der Waals surface area contributed by atoms with Crippen molar-refractivity contribution in [3.05, 3.63) is 198 Å². The Balaban J connectivity index is 1.04. The monoisotopic (exact) mass is 783 g/mol. The minimum Gasteiger partial charge on any atom is -0.456 e. The molecule has 4 nitrogen and oxygen atoms in total. The zero-order chi connectivity index (χ0) is 41.0. The van der Waals surface area contributed by atoms with E-state index in [1.165, 1.54) is 55.6 Å². The molecule has 0 fully saturated rings. The minimum atomic E-state index is -0.246. The molecule has 12 rings (SSSR count). The number of nitrogens with zero attached hydrogens (tertiary/aromatic N) is 3. The second-order valence-electron chi connectivity index (χ2n) is 17.6. The zero-order valence-corrected chi connectivity index (χ0v) is 34.5. The Hall–Kier alpha value is -7.43. The smallest absolute Gasteiger partial charge is 0.164 e. The molecule has 2 heterocycles. The second-order valence-corrected chi connectivity index (χ2v) is 17.6. The van der Waals surface area contributed by atoms with Gasteiger partial charge in [0.15, 0.2) is 17.5 Å². The first-order valence-electron chi connectivity index (χ1n) is 21.1. The van der Waals surface area contributed by atoms with Crippen LogP contribution >= 0.6 is 0 Å². The van der Waals surface area contributed by atoms with Crippen molar-refractivity contribution in [2.24, 2.45) is 0 Å². The number of furan rings is 1. The third-order valence-electron chi connectivity index (χ3n) is 13.3. The van der Waals surface area contributed by atoms with Crippen LogP contribution in [-0.4, -0.2) is 15.0 Å². The number of hydrogen-bond acceptors (Lipinski definition) is 4. The summed E-state index contributed by atoms with van der Waals surface area (Å²) in [6, 6.07) is 62.8. The zero-order valence-electron chi connectivity index (χ0n) is 34.5. The van der Waals surface area contributed by atoms with E-state index in [-0.39, 0.29) is 10.8 Å². The van der Waals surface area contributed by atoms with Gasteiger partial charge in [-0.3, -0.25) is 0 Å². The fourth-order valence-corrected chi connectivity index (χ4v) is 10.4. The van der Waals surface area contributed by atoms with E-state index in [1.807, 2.05) is 0 Å². The Morgan fingerprint density at radius 2 is 0.902 bits per heavy atom. The summed E-state index contributed by atoms with van der Waals surface area (Å²) in [5.41, 5.74) is 19.0. The van der Waals surface area contributed by atoms with E-state index in [4.69, 9.17) is 19.4 Å². The summed E-state index contributed by atoms with van der Waals surface area (Å²) in [7, 11) is 0. The fourth-order valence-electron chi connectivity index (χ4n) is 10.4. The van der Waals surface area contributed by atoms with Crippen LogP contribution < -0.4 is 0 Å². The van der Waals surface area contributed by atoms with Crippen molar-refractivity contribution < 1.29 is 4.42 Å². The molecule has 0 atom stereocenters. The molecule has 8 aromatic carbocycles. The SMILES string of the molecule is CC1(C)c2ccccc2-c2cc(-c3nc(-c4ccc5c(c4)oc4cccc(-c6cccc(-c7ccccc7)c6)c45)nc(-c4cccc5c4C(C)(C)c4ccccc4-5)n3)ccc21. The number of rotatable bonds is 5. The van der Waals surface area contributed by atoms with E-state index in [1.54, 1.807) is 0 Å². The molecule has 0 bridgehead atoms. The summed E-state index contributed by atoms with van der Waals surface area (Å²) in [4.78, 5) is 16.0. The Labute approximate surface area is 355 Å². The Kier molecular flexibility index (Phi) is 7.59. The lowest BCUT2D eigenvalue weighted by molar-refractivity contribution is 0.660. The predicted molar refractivity (Wildman–Crippen MR) is 249 cm³/mol. The van der Waals surface area contributed by atoms with E-state index in [0.29, 0.717) is 17.5 Å². The average Bonchev–Trinajstić information content (AvgIpc) is 3.88. The quantitative estimate of drug-likeness (QED) is 0.174. The maximum Gasteiger partial charge on any atom is 0.164 e. The second kappa shape index (κ2) is 13.0. The summed E-state index contributed by atoms with van der Waals surface area (Å²) in [5.74, 6) is 1.90. The number of aromatic nitrogens is 3. The summed E-state index contributed by atoms with van der Waals surface area (Å²) < 4.78 is 6.68. The van der Waals surface area contributed by atoms with Gasteiger partial charge in [0, 0.05) is 38.3 Å². The molecule has 2 aliphatic rings. The highest BCUT2D eigenvalue weighted by atomic mass is 16.3. The van der Waals surface area contributed by atoms with E-state index >= 15 is 0 Å². The molecule has 61 heavy (non-hydrogen) atoms. The van der Waals surface area contributed by atoms with Crippen LogP contribution in [0.1, 0.15) is 49.9 Å². The first kappa shape index (κ1) is 35.5. The van der Waals surface area contributed by atoms with Crippen LogP contribution in [0, 0.1) is 0 Å². The van der Waals surface area contributed by atoms with Crippen LogP contribution in [0.5, 0.6) is 0 Å². The Bertz CT molecular complexity index is 3430. The van der Waals surface area contributed by atoms with Gasteiger partial charge in [-0.05, 0) is 97.1 Å². The highest BCUT2D eigenvalue weighted by Gasteiger charge is 2.38. The molecular weight excluding hydrogens is 743 g/mol. The molecule has 290 valence electrons. The molecular formula is C57H41N3O. The van der Waals surface area contributed by atoms with Gasteiger partial charge in [-0.25, -0.2) is 15.0 Å². The maximum absolute atomic E-state index is 6.68. The first-order valence-corrected chi connectivity index (χ1v) is 21.1. The maximum atomic E-state index is 6.68. The van der Waals surface area contributed by atoms with Gasteiger partial charge in [0.05, 0.1) is 0 Å². The molecule has 0 aliphatic heterocycles. The first-order chi connectivity index (χ1) is 29.7. The lowest BCUT2D eigenvalue weighted by atomic mass is 9.80. The van der Waals surface area contributed by atoms with Crippen molar-refractivity contribution in [2.45, 2.75) is 38.5 Å². The van der Waals surface area contributed by atoms with Crippen LogP contribution in [0.2, 0.25) is 0 Å². The summed E-state index contributed by atoms with van der Waals surface area (Å²) in [5, 5.41) is 2.14. The Morgan fingerprint density at radius 1 is 0.344 bits per heavy atom. The highest BCUT2D eigenvalue weighted by Crippen LogP contribution is 2.53. The third-order valence-corrected chi connectivity index (χ3v) is 13.3. The van der Waals surface area contributed by atoms with Gasteiger partial charge in [-0.2, -0.15) is 0 Å². The normalized spacial score (nSPS) is 14.2. The topological polar surface area (TPSA) is 51.8 Å². The molecule has 4 heteroatoms. The number of benzene rings is 8. The minimum absolute atomic E-state index is 0.0996. The molecule has 2 aromatic heterocycles. The predicted octanol–water partition coefficient (Wildman–Crippen LogP) is 14.7.